The molecule has 5 aromatic carbocycles. The van der Waals surface area contributed by atoms with E-state index < -0.39 is 8.07 Å². The Bertz CT molecular complexity index is 2480. The number of hydrogen-bond acceptors (Lipinski definition) is 4. The Labute approximate surface area is 318 Å². The van der Waals surface area contributed by atoms with Crippen LogP contribution in [0.5, 0.6) is 0 Å². The number of aromatic nitrogens is 3. The normalized spacial score (nSPS) is 14.4. The largest absolute Gasteiger partial charge is 0.308 e. The molecular formula is C47H44N4SSi. The SMILES string of the molecule is Cc1cc(-c2ccc3c(c2)N(c2cccc([Si]4(c5ccccn5)c5cc(C(C)(C)C)ccc5-c5ccc(C(C)(C)C)cc54)c2)c2ccccc2S3)n[nH]1. The fraction of sp³-hybridized carbons (Fsp3) is 0.191. The van der Waals surface area contributed by atoms with E-state index in [2.05, 4.69) is 178 Å². The topological polar surface area (TPSA) is 44.8 Å². The first kappa shape index (κ1) is 33.6. The molecule has 2 aliphatic heterocycles. The maximum Gasteiger partial charge on any atom is 0.203 e. The number of aromatic amines is 1. The van der Waals surface area contributed by atoms with Crippen molar-refractivity contribution in [1.29, 1.82) is 0 Å². The van der Waals surface area contributed by atoms with Gasteiger partial charge < -0.3 is 4.90 Å². The predicted octanol–water partition coefficient (Wildman–Crippen LogP) is 9.67. The number of hydrogen-bond donors (Lipinski definition) is 1. The summed E-state index contributed by atoms with van der Waals surface area (Å²) in [7, 11) is -2.94. The quantitative estimate of drug-likeness (QED) is 0.184. The van der Waals surface area contributed by atoms with E-state index in [-0.39, 0.29) is 10.8 Å². The third-order valence-corrected chi connectivity index (χ3v) is 16.8. The van der Waals surface area contributed by atoms with Gasteiger partial charge in [0.1, 0.15) is 0 Å². The van der Waals surface area contributed by atoms with Crippen molar-refractivity contribution in [1.82, 2.24) is 15.2 Å². The van der Waals surface area contributed by atoms with Crippen molar-refractivity contribution in [2.75, 3.05) is 4.90 Å². The Morgan fingerprint density at radius 2 is 1.30 bits per heavy atom. The second-order valence-electron chi connectivity index (χ2n) is 16.6. The van der Waals surface area contributed by atoms with Crippen LogP contribution in [0.2, 0.25) is 0 Å². The van der Waals surface area contributed by atoms with Gasteiger partial charge in [0, 0.05) is 38.2 Å². The number of nitrogens with zero attached hydrogens (tertiary/aromatic N) is 3. The number of aryl methyl sites for hydroxylation is 1. The van der Waals surface area contributed by atoms with Crippen LogP contribution in [0.1, 0.15) is 58.4 Å². The van der Waals surface area contributed by atoms with E-state index >= 15 is 0 Å². The van der Waals surface area contributed by atoms with Crippen LogP contribution in [0.15, 0.2) is 143 Å². The standard InChI is InChI=1S/C47H44N4SSi/c1-30-25-38(50-49-30)31-18-23-42-40(26-31)51(39-15-8-9-16-41(39)52-42)34-13-12-14-35(29-34)53(45-17-10-11-24-48-45)43-27-32(46(2,3)4)19-21-36(43)37-22-20-33(28-44(37)53)47(5,6)7/h8-29H,1-7H3,(H,49,50). The highest BCUT2D eigenvalue weighted by Gasteiger charge is 2.51. The molecule has 0 spiro atoms. The first-order valence-corrected chi connectivity index (χ1v) is 21.3. The molecule has 0 unspecified atom stereocenters. The van der Waals surface area contributed by atoms with Crippen LogP contribution in [0.3, 0.4) is 0 Å². The summed E-state index contributed by atoms with van der Waals surface area (Å²) in [6.07, 6.45) is 1.99. The molecule has 6 heteroatoms. The summed E-state index contributed by atoms with van der Waals surface area (Å²) < 4.78 is 0. The van der Waals surface area contributed by atoms with Crippen molar-refractivity contribution in [2.45, 2.75) is 69.1 Å². The number of H-pyrrole nitrogens is 1. The van der Waals surface area contributed by atoms with Gasteiger partial charge in [0.25, 0.3) is 0 Å². The van der Waals surface area contributed by atoms with Gasteiger partial charge in [0.05, 0.1) is 17.1 Å². The molecule has 0 saturated heterocycles. The van der Waals surface area contributed by atoms with Crippen molar-refractivity contribution in [2.24, 2.45) is 0 Å². The van der Waals surface area contributed by atoms with Gasteiger partial charge in [-0.1, -0.05) is 126 Å². The van der Waals surface area contributed by atoms with E-state index in [1.165, 1.54) is 58.6 Å². The van der Waals surface area contributed by atoms with Crippen molar-refractivity contribution in [3.8, 4) is 22.4 Å². The predicted molar refractivity (Wildman–Crippen MR) is 225 cm³/mol. The Morgan fingerprint density at radius 3 is 1.94 bits per heavy atom. The van der Waals surface area contributed by atoms with Gasteiger partial charge in [-0.15, -0.1) is 0 Å². The van der Waals surface area contributed by atoms with Crippen LogP contribution >= 0.6 is 11.8 Å². The van der Waals surface area contributed by atoms with Gasteiger partial charge in [-0.25, -0.2) is 0 Å². The highest BCUT2D eigenvalue weighted by atomic mass is 32.2. The van der Waals surface area contributed by atoms with Crippen molar-refractivity contribution < 1.29 is 0 Å². The lowest BCUT2D eigenvalue weighted by Crippen LogP contribution is -2.73. The van der Waals surface area contributed by atoms with Crippen LogP contribution in [0.25, 0.3) is 22.4 Å². The average Bonchev–Trinajstić information content (AvgIpc) is 3.72. The molecule has 0 aliphatic carbocycles. The maximum atomic E-state index is 5.29. The summed E-state index contributed by atoms with van der Waals surface area (Å²) in [5, 5.41) is 13.1. The summed E-state index contributed by atoms with van der Waals surface area (Å²) >= 11 is 1.83. The third kappa shape index (κ3) is 5.41. The zero-order valence-corrected chi connectivity index (χ0v) is 33.3. The number of para-hydroxylation sites is 1. The molecule has 1 N–H and O–H groups in total. The minimum Gasteiger partial charge on any atom is -0.308 e. The molecule has 0 fully saturated rings. The first-order chi connectivity index (χ1) is 25.4. The molecular weight excluding hydrogens is 681 g/mol. The minimum absolute atomic E-state index is 0.00403. The van der Waals surface area contributed by atoms with E-state index in [9.17, 15) is 0 Å². The lowest BCUT2D eigenvalue weighted by atomic mass is 9.85. The van der Waals surface area contributed by atoms with Crippen LogP contribution in [-0.4, -0.2) is 23.3 Å². The monoisotopic (exact) mass is 724 g/mol. The molecule has 0 saturated carbocycles. The smallest absolute Gasteiger partial charge is 0.203 e. The summed E-state index contributed by atoms with van der Waals surface area (Å²) in [6.45, 7) is 16.0. The molecule has 0 bridgehead atoms. The lowest BCUT2D eigenvalue weighted by molar-refractivity contribution is 0.590. The van der Waals surface area contributed by atoms with Gasteiger partial charge in [-0.2, -0.15) is 5.10 Å². The summed E-state index contributed by atoms with van der Waals surface area (Å²) in [4.78, 5) is 10.2. The van der Waals surface area contributed by atoms with Crippen molar-refractivity contribution in [3.63, 3.8) is 0 Å². The minimum atomic E-state index is -2.94. The summed E-state index contributed by atoms with van der Waals surface area (Å²) in [5.41, 5.74) is 11.9. The third-order valence-electron chi connectivity index (χ3n) is 11.0. The van der Waals surface area contributed by atoms with Crippen molar-refractivity contribution >= 4 is 57.8 Å². The van der Waals surface area contributed by atoms with E-state index in [1.807, 2.05) is 30.9 Å². The van der Waals surface area contributed by atoms with E-state index in [1.54, 1.807) is 0 Å². The molecule has 0 amide bonds. The molecule has 7 aromatic rings. The molecule has 0 atom stereocenters. The van der Waals surface area contributed by atoms with Gasteiger partial charge in [-0.3, -0.25) is 10.1 Å². The molecule has 262 valence electrons. The highest BCUT2D eigenvalue weighted by molar-refractivity contribution is 7.99. The number of fused-ring (bicyclic) bond motifs is 5. The Balaban J connectivity index is 1.34. The van der Waals surface area contributed by atoms with E-state index in [0.717, 1.165) is 28.3 Å². The number of benzene rings is 5. The Morgan fingerprint density at radius 1 is 0.623 bits per heavy atom. The molecule has 9 rings (SSSR count). The zero-order chi connectivity index (χ0) is 36.7. The number of nitrogens with one attached hydrogen (secondary N) is 1. The van der Waals surface area contributed by atoms with Crippen LogP contribution < -0.4 is 25.8 Å². The summed E-state index contributed by atoms with van der Waals surface area (Å²) in [6, 6.07) is 48.1. The highest BCUT2D eigenvalue weighted by Crippen LogP contribution is 2.52. The zero-order valence-electron chi connectivity index (χ0n) is 31.5. The molecule has 2 aromatic heterocycles. The number of rotatable bonds is 4. The van der Waals surface area contributed by atoms with Crippen LogP contribution in [0, 0.1) is 6.92 Å². The van der Waals surface area contributed by atoms with Gasteiger partial charge in [0.15, 0.2) is 0 Å². The number of anilines is 3. The molecule has 2 aliphatic rings. The Kier molecular flexibility index (Phi) is 7.74. The second-order valence-corrected chi connectivity index (χ2v) is 21.3. The fourth-order valence-corrected chi connectivity index (χ4v) is 14.3. The molecule has 0 radical (unpaired) electrons. The van der Waals surface area contributed by atoms with Gasteiger partial charge in [-0.05, 0) is 110 Å². The van der Waals surface area contributed by atoms with Crippen molar-refractivity contribution in [3.05, 3.63) is 150 Å². The van der Waals surface area contributed by atoms with Crippen LogP contribution in [0.4, 0.5) is 17.1 Å². The molecule has 4 heterocycles. The Hall–Kier alpha value is -5.17. The van der Waals surface area contributed by atoms with E-state index in [4.69, 9.17) is 4.98 Å². The van der Waals surface area contributed by atoms with Gasteiger partial charge in [0.2, 0.25) is 8.07 Å². The van der Waals surface area contributed by atoms with E-state index in [0.29, 0.717) is 0 Å². The van der Waals surface area contributed by atoms with Gasteiger partial charge >= 0.3 is 0 Å². The average molecular weight is 725 g/mol. The van der Waals surface area contributed by atoms with Crippen LogP contribution in [-0.2, 0) is 10.8 Å². The number of pyridine rings is 1. The summed E-state index contributed by atoms with van der Waals surface area (Å²) in [5.74, 6) is 0. The molecule has 4 nitrogen and oxygen atoms in total. The maximum absolute atomic E-state index is 5.29. The molecule has 53 heavy (non-hydrogen) atoms. The first-order valence-electron chi connectivity index (χ1n) is 18.5. The second kappa shape index (κ2) is 12.2. The fourth-order valence-electron chi connectivity index (χ4n) is 8.21. The lowest BCUT2D eigenvalue weighted by Gasteiger charge is -2.35.